The molecule has 0 saturated carbocycles. The van der Waals surface area contributed by atoms with Crippen LogP contribution in [0.1, 0.15) is 5.69 Å². The minimum Gasteiger partial charge on any atom is -0.455 e. The van der Waals surface area contributed by atoms with Crippen LogP contribution in [0.5, 0.6) is 11.5 Å². The van der Waals surface area contributed by atoms with Crippen LogP contribution in [0.4, 0.5) is 5.69 Å². The minimum atomic E-state index is 0.631. The molecule has 2 rings (SSSR count). The number of nitrogens with two attached hydrogens (primary N) is 1. The van der Waals surface area contributed by atoms with Crippen LogP contribution in [0.2, 0.25) is 0 Å². The van der Waals surface area contributed by atoms with Crippen molar-refractivity contribution in [3.05, 3.63) is 48.3 Å². The standard InChI is InChI=1S/C12H12N2O/c1-9-8-10(6-7-14-9)15-12-5-3-2-4-11(12)13/h2-8H,13H2,1H3. The van der Waals surface area contributed by atoms with Gasteiger partial charge in [-0.05, 0) is 25.1 Å². The molecule has 0 amide bonds. The van der Waals surface area contributed by atoms with Crippen LogP contribution in [-0.4, -0.2) is 4.98 Å². The highest BCUT2D eigenvalue weighted by atomic mass is 16.5. The van der Waals surface area contributed by atoms with E-state index in [1.54, 1.807) is 12.3 Å². The van der Waals surface area contributed by atoms with Gasteiger partial charge in [-0.15, -0.1) is 0 Å². The molecule has 0 aliphatic carbocycles. The van der Waals surface area contributed by atoms with Gasteiger partial charge in [0, 0.05) is 18.0 Å². The van der Waals surface area contributed by atoms with Crippen molar-refractivity contribution >= 4 is 5.69 Å². The molecule has 1 heterocycles. The fourth-order valence-electron chi connectivity index (χ4n) is 1.28. The van der Waals surface area contributed by atoms with Gasteiger partial charge < -0.3 is 10.5 Å². The molecule has 1 aromatic carbocycles. The number of ether oxygens (including phenoxy) is 1. The Bertz CT molecular complexity index is 469. The summed E-state index contributed by atoms with van der Waals surface area (Å²) in [6.45, 7) is 1.92. The summed E-state index contributed by atoms with van der Waals surface area (Å²) in [5, 5.41) is 0. The van der Waals surface area contributed by atoms with E-state index in [1.807, 2.05) is 37.3 Å². The first-order chi connectivity index (χ1) is 7.25. The van der Waals surface area contributed by atoms with Gasteiger partial charge in [0.2, 0.25) is 0 Å². The van der Waals surface area contributed by atoms with Crippen LogP contribution in [0.15, 0.2) is 42.6 Å². The maximum absolute atomic E-state index is 5.77. The van der Waals surface area contributed by atoms with Gasteiger partial charge in [-0.2, -0.15) is 0 Å². The molecule has 3 heteroatoms. The Kier molecular flexibility index (Phi) is 2.54. The Labute approximate surface area is 88.5 Å². The average Bonchev–Trinajstić information content (AvgIpc) is 2.22. The zero-order valence-corrected chi connectivity index (χ0v) is 8.47. The second-order valence-corrected chi connectivity index (χ2v) is 3.27. The molecular weight excluding hydrogens is 188 g/mol. The largest absolute Gasteiger partial charge is 0.455 e. The van der Waals surface area contributed by atoms with Crippen molar-refractivity contribution in [2.45, 2.75) is 6.92 Å². The molecule has 0 bridgehead atoms. The number of anilines is 1. The summed E-state index contributed by atoms with van der Waals surface area (Å²) in [6, 6.07) is 11.1. The molecule has 0 spiro atoms. The molecule has 2 N–H and O–H groups in total. The molecule has 0 atom stereocenters. The van der Waals surface area contributed by atoms with Gasteiger partial charge in [0.05, 0.1) is 5.69 Å². The molecule has 76 valence electrons. The van der Waals surface area contributed by atoms with Crippen LogP contribution < -0.4 is 10.5 Å². The number of aryl methyl sites for hydroxylation is 1. The molecule has 3 nitrogen and oxygen atoms in total. The van der Waals surface area contributed by atoms with Gasteiger partial charge in [-0.1, -0.05) is 12.1 Å². The number of rotatable bonds is 2. The number of nitrogens with zero attached hydrogens (tertiary/aromatic N) is 1. The highest BCUT2D eigenvalue weighted by Crippen LogP contribution is 2.26. The van der Waals surface area contributed by atoms with E-state index in [0.717, 1.165) is 11.4 Å². The fraction of sp³-hybridized carbons (Fsp3) is 0.0833. The number of benzene rings is 1. The molecule has 0 saturated heterocycles. The third-order valence-corrected chi connectivity index (χ3v) is 2.01. The van der Waals surface area contributed by atoms with Crippen molar-refractivity contribution in [3.8, 4) is 11.5 Å². The summed E-state index contributed by atoms with van der Waals surface area (Å²) in [4.78, 5) is 4.09. The van der Waals surface area contributed by atoms with E-state index in [1.165, 1.54) is 0 Å². The van der Waals surface area contributed by atoms with Crippen molar-refractivity contribution in [1.29, 1.82) is 0 Å². The van der Waals surface area contributed by atoms with Crippen molar-refractivity contribution < 1.29 is 4.74 Å². The Morgan fingerprint density at radius 3 is 2.73 bits per heavy atom. The van der Waals surface area contributed by atoms with E-state index in [0.29, 0.717) is 11.4 Å². The van der Waals surface area contributed by atoms with Gasteiger partial charge in [0.1, 0.15) is 11.5 Å². The molecular formula is C12H12N2O. The Morgan fingerprint density at radius 1 is 1.20 bits per heavy atom. The van der Waals surface area contributed by atoms with Crippen LogP contribution in [0, 0.1) is 6.92 Å². The number of pyridine rings is 1. The van der Waals surface area contributed by atoms with Gasteiger partial charge in [0.15, 0.2) is 0 Å². The van der Waals surface area contributed by atoms with Gasteiger partial charge in [0.25, 0.3) is 0 Å². The topological polar surface area (TPSA) is 48.1 Å². The van der Waals surface area contributed by atoms with E-state index in [9.17, 15) is 0 Å². The fourth-order valence-corrected chi connectivity index (χ4v) is 1.28. The van der Waals surface area contributed by atoms with Crippen LogP contribution >= 0.6 is 0 Å². The van der Waals surface area contributed by atoms with Crippen LogP contribution in [0.25, 0.3) is 0 Å². The summed E-state index contributed by atoms with van der Waals surface area (Å²) in [5.74, 6) is 1.42. The first-order valence-electron chi connectivity index (χ1n) is 4.71. The zero-order chi connectivity index (χ0) is 10.7. The second-order valence-electron chi connectivity index (χ2n) is 3.27. The second kappa shape index (κ2) is 4.00. The monoisotopic (exact) mass is 200 g/mol. The van der Waals surface area contributed by atoms with E-state index in [-0.39, 0.29) is 0 Å². The molecule has 0 aliphatic rings. The molecule has 0 fully saturated rings. The molecule has 0 unspecified atom stereocenters. The quantitative estimate of drug-likeness (QED) is 0.758. The summed E-state index contributed by atoms with van der Waals surface area (Å²) in [6.07, 6.45) is 1.71. The maximum atomic E-state index is 5.77. The highest BCUT2D eigenvalue weighted by Gasteiger charge is 2.00. The number of hydrogen-bond acceptors (Lipinski definition) is 3. The first-order valence-corrected chi connectivity index (χ1v) is 4.71. The Morgan fingerprint density at radius 2 is 2.00 bits per heavy atom. The lowest BCUT2D eigenvalue weighted by molar-refractivity contribution is 0.484. The van der Waals surface area contributed by atoms with Gasteiger partial charge >= 0.3 is 0 Å². The van der Waals surface area contributed by atoms with E-state index >= 15 is 0 Å². The molecule has 2 aromatic rings. The normalized spacial score (nSPS) is 9.93. The van der Waals surface area contributed by atoms with Crippen LogP contribution in [-0.2, 0) is 0 Å². The third-order valence-electron chi connectivity index (χ3n) is 2.01. The maximum Gasteiger partial charge on any atom is 0.150 e. The molecule has 1 aromatic heterocycles. The lowest BCUT2D eigenvalue weighted by Gasteiger charge is -2.07. The van der Waals surface area contributed by atoms with Crippen molar-refractivity contribution in [2.75, 3.05) is 5.73 Å². The highest BCUT2D eigenvalue weighted by molar-refractivity contribution is 5.53. The average molecular weight is 200 g/mol. The minimum absolute atomic E-state index is 0.631. The summed E-state index contributed by atoms with van der Waals surface area (Å²) >= 11 is 0. The predicted octanol–water partition coefficient (Wildman–Crippen LogP) is 2.76. The molecule has 15 heavy (non-hydrogen) atoms. The first kappa shape index (κ1) is 9.52. The smallest absolute Gasteiger partial charge is 0.150 e. The lowest BCUT2D eigenvalue weighted by atomic mass is 10.3. The van der Waals surface area contributed by atoms with Crippen molar-refractivity contribution in [1.82, 2.24) is 4.98 Å². The number of para-hydroxylation sites is 2. The third kappa shape index (κ3) is 2.26. The SMILES string of the molecule is Cc1cc(Oc2ccccc2N)ccn1. The Balaban J connectivity index is 2.26. The van der Waals surface area contributed by atoms with E-state index in [4.69, 9.17) is 10.5 Å². The Hall–Kier alpha value is -2.03. The van der Waals surface area contributed by atoms with Crippen molar-refractivity contribution in [2.24, 2.45) is 0 Å². The predicted molar refractivity (Wildman–Crippen MR) is 59.9 cm³/mol. The van der Waals surface area contributed by atoms with Crippen LogP contribution in [0.3, 0.4) is 0 Å². The molecule has 0 aliphatic heterocycles. The summed E-state index contributed by atoms with van der Waals surface area (Å²) < 4.78 is 5.62. The number of hydrogen-bond donors (Lipinski definition) is 1. The van der Waals surface area contributed by atoms with E-state index in [2.05, 4.69) is 4.98 Å². The lowest BCUT2D eigenvalue weighted by Crippen LogP contribution is -1.92. The molecule has 0 radical (unpaired) electrons. The summed E-state index contributed by atoms with van der Waals surface area (Å²) in [5.41, 5.74) is 7.32. The zero-order valence-electron chi connectivity index (χ0n) is 8.47. The summed E-state index contributed by atoms with van der Waals surface area (Å²) in [7, 11) is 0. The van der Waals surface area contributed by atoms with Gasteiger partial charge in [-0.3, -0.25) is 4.98 Å². The van der Waals surface area contributed by atoms with E-state index < -0.39 is 0 Å². The number of nitrogen functional groups attached to an aromatic ring is 1. The number of aromatic nitrogens is 1. The van der Waals surface area contributed by atoms with Gasteiger partial charge in [-0.25, -0.2) is 0 Å². The van der Waals surface area contributed by atoms with Crippen molar-refractivity contribution in [3.63, 3.8) is 0 Å².